The molecule has 0 fully saturated rings. The summed E-state index contributed by atoms with van der Waals surface area (Å²) in [7, 11) is 0. The van der Waals surface area contributed by atoms with Gasteiger partial charge in [0.1, 0.15) is 0 Å². The van der Waals surface area contributed by atoms with Gasteiger partial charge in [0.15, 0.2) is 0 Å². The summed E-state index contributed by atoms with van der Waals surface area (Å²) in [5, 5.41) is 1.08. The monoisotopic (exact) mass is 273 g/mol. The number of aromatic amines is 1. The lowest BCUT2D eigenvalue weighted by Gasteiger charge is -2.02. The lowest BCUT2D eigenvalue weighted by molar-refractivity contribution is 0.103. The minimum atomic E-state index is 0.0481. The van der Waals surface area contributed by atoms with Crippen LogP contribution in [0.1, 0.15) is 32.7 Å². The van der Waals surface area contributed by atoms with Crippen molar-refractivity contribution < 1.29 is 4.79 Å². The zero-order chi connectivity index (χ0) is 14.4. The summed E-state index contributed by atoms with van der Waals surface area (Å²) in [5.74, 6) is 0.0481. The van der Waals surface area contributed by atoms with Crippen LogP contribution in [0.25, 0.3) is 17.0 Å². The van der Waals surface area contributed by atoms with Gasteiger partial charge in [0.25, 0.3) is 0 Å². The fourth-order valence-corrected chi connectivity index (χ4v) is 2.92. The molecule has 0 saturated heterocycles. The summed E-state index contributed by atoms with van der Waals surface area (Å²) in [4.78, 5) is 15.9. The Balaban J connectivity index is 1.77. The molecule has 2 heteroatoms. The Morgan fingerprint density at radius 2 is 2.00 bits per heavy atom. The van der Waals surface area contributed by atoms with Crippen molar-refractivity contribution >= 4 is 22.8 Å². The van der Waals surface area contributed by atoms with Crippen molar-refractivity contribution in [2.24, 2.45) is 0 Å². The van der Waals surface area contributed by atoms with Gasteiger partial charge in [-0.3, -0.25) is 4.79 Å². The minimum absolute atomic E-state index is 0.0481. The Kier molecular flexibility index (Phi) is 2.58. The van der Waals surface area contributed by atoms with Gasteiger partial charge in [0.05, 0.1) is 5.69 Å². The number of H-pyrrole nitrogens is 1. The molecule has 0 radical (unpaired) electrons. The third kappa shape index (κ3) is 2.00. The molecule has 3 aromatic rings. The van der Waals surface area contributed by atoms with Crippen molar-refractivity contribution in [3.05, 3.63) is 76.5 Å². The van der Waals surface area contributed by atoms with Crippen molar-refractivity contribution in [3.63, 3.8) is 0 Å². The molecule has 1 N–H and O–H groups in total. The maximum atomic E-state index is 12.6. The zero-order valence-corrected chi connectivity index (χ0v) is 11.8. The van der Waals surface area contributed by atoms with E-state index in [1.165, 1.54) is 11.1 Å². The van der Waals surface area contributed by atoms with Gasteiger partial charge in [-0.05, 0) is 48.7 Å². The minimum Gasteiger partial charge on any atom is -0.352 e. The maximum absolute atomic E-state index is 12.6. The molecule has 1 aliphatic rings. The number of nitrogens with one attached hydrogen (secondary N) is 1. The molecule has 0 bridgehead atoms. The molecule has 0 atom stereocenters. The van der Waals surface area contributed by atoms with Crippen LogP contribution in [-0.2, 0) is 6.42 Å². The van der Waals surface area contributed by atoms with Gasteiger partial charge in [0.2, 0.25) is 5.78 Å². The van der Waals surface area contributed by atoms with E-state index in [-0.39, 0.29) is 5.78 Å². The number of hydrogen-bond acceptors (Lipinski definition) is 1. The smallest absolute Gasteiger partial charge is 0.209 e. The van der Waals surface area contributed by atoms with E-state index in [1.807, 2.05) is 30.3 Å². The van der Waals surface area contributed by atoms with E-state index < -0.39 is 0 Å². The molecule has 21 heavy (non-hydrogen) atoms. The molecule has 1 aliphatic carbocycles. The lowest BCUT2D eigenvalue weighted by Crippen LogP contribution is -2.02. The molecule has 0 saturated carbocycles. The fourth-order valence-electron chi connectivity index (χ4n) is 2.92. The highest BCUT2D eigenvalue weighted by molar-refractivity contribution is 6.10. The van der Waals surface area contributed by atoms with Crippen molar-refractivity contribution in [3.8, 4) is 0 Å². The molecule has 102 valence electrons. The number of aromatic nitrogens is 1. The molecular weight excluding hydrogens is 258 g/mol. The second kappa shape index (κ2) is 4.45. The van der Waals surface area contributed by atoms with Crippen molar-refractivity contribution in [1.29, 1.82) is 0 Å². The van der Waals surface area contributed by atoms with E-state index in [2.05, 4.69) is 36.2 Å². The number of hydrogen-bond donors (Lipinski definition) is 1. The lowest BCUT2D eigenvalue weighted by atomic mass is 10.0. The van der Waals surface area contributed by atoms with E-state index >= 15 is 0 Å². The quantitative estimate of drug-likeness (QED) is 0.695. The standard InChI is InChI=1S/C19H15NO/c1-12-5-8-17-16(9-12)11-18(20-17)19(21)15-7-6-13-3-2-4-14(13)10-15/h2,4-11,20H,3H2,1H3. The third-order valence-electron chi connectivity index (χ3n) is 4.06. The van der Waals surface area contributed by atoms with Gasteiger partial charge in [-0.1, -0.05) is 35.9 Å². The van der Waals surface area contributed by atoms with Crippen LogP contribution in [-0.4, -0.2) is 10.8 Å². The van der Waals surface area contributed by atoms with Crippen LogP contribution in [0.2, 0.25) is 0 Å². The van der Waals surface area contributed by atoms with E-state index in [9.17, 15) is 4.79 Å². The van der Waals surface area contributed by atoms with Crippen molar-refractivity contribution in [2.45, 2.75) is 13.3 Å². The highest BCUT2D eigenvalue weighted by Crippen LogP contribution is 2.23. The number of fused-ring (bicyclic) bond motifs is 2. The number of carbonyl (C=O) groups excluding carboxylic acids is 1. The Bertz CT molecular complexity index is 899. The van der Waals surface area contributed by atoms with Crippen LogP contribution < -0.4 is 0 Å². The number of rotatable bonds is 2. The first kappa shape index (κ1) is 12.2. The van der Waals surface area contributed by atoms with Gasteiger partial charge in [0, 0.05) is 16.5 Å². The van der Waals surface area contributed by atoms with Crippen molar-refractivity contribution in [1.82, 2.24) is 4.98 Å². The summed E-state index contributed by atoms with van der Waals surface area (Å²) in [6, 6.07) is 14.1. The normalized spacial score (nSPS) is 12.8. The molecule has 0 spiro atoms. The van der Waals surface area contributed by atoms with Crippen LogP contribution in [0, 0.1) is 6.92 Å². The number of aryl methyl sites for hydroxylation is 1. The van der Waals surface area contributed by atoms with E-state index in [1.54, 1.807) is 0 Å². The first-order valence-corrected chi connectivity index (χ1v) is 7.14. The topological polar surface area (TPSA) is 32.9 Å². The maximum Gasteiger partial charge on any atom is 0.209 e. The van der Waals surface area contributed by atoms with Crippen molar-refractivity contribution in [2.75, 3.05) is 0 Å². The van der Waals surface area contributed by atoms with Crippen LogP contribution in [0.15, 0.2) is 48.5 Å². The average molecular weight is 273 g/mol. The van der Waals surface area contributed by atoms with Gasteiger partial charge >= 0.3 is 0 Å². The average Bonchev–Trinajstić information content (AvgIpc) is 3.11. The van der Waals surface area contributed by atoms with Crippen LogP contribution in [0.3, 0.4) is 0 Å². The predicted molar refractivity (Wildman–Crippen MR) is 85.6 cm³/mol. The largest absolute Gasteiger partial charge is 0.352 e. The Hall–Kier alpha value is -2.61. The van der Waals surface area contributed by atoms with E-state index in [0.717, 1.165) is 28.5 Å². The first-order valence-electron chi connectivity index (χ1n) is 7.14. The number of allylic oxidation sites excluding steroid dienone is 1. The SMILES string of the molecule is Cc1ccc2[nH]c(C(=O)c3ccc4c(c3)C=CC4)cc2c1. The molecule has 1 aromatic heterocycles. The van der Waals surface area contributed by atoms with E-state index in [4.69, 9.17) is 0 Å². The number of ketones is 1. The van der Waals surface area contributed by atoms with Gasteiger partial charge in [-0.2, -0.15) is 0 Å². The molecule has 0 amide bonds. The third-order valence-corrected chi connectivity index (χ3v) is 4.06. The molecule has 2 nitrogen and oxygen atoms in total. The Morgan fingerprint density at radius 1 is 1.10 bits per heavy atom. The molecule has 0 unspecified atom stereocenters. The van der Waals surface area contributed by atoms with Crippen LogP contribution in [0.4, 0.5) is 0 Å². The molecule has 0 aliphatic heterocycles. The second-order valence-electron chi connectivity index (χ2n) is 5.62. The predicted octanol–water partition coefficient (Wildman–Crippen LogP) is 4.28. The number of benzene rings is 2. The van der Waals surface area contributed by atoms with Gasteiger partial charge in [-0.15, -0.1) is 0 Å². The Morgan fingerprint density at radius 3 is 2.90 bits per heavy atom. The summed E-state index contributed by atoms with van der Waals surface area (Å²) in [6.07, 6.45) is 5.18. The van der Waals surface area contributed by atoms with E-state index in [0.29, 0.717) is 5.69 Å². The summed E-state index contributed by atoms with van der Waals surface area (Å²) in [5.41, 5.74) is 6.04. The second-order valence-corrected chi connectivity index (χ2v) is 5.62. The molecule has 4 rings (SSSR count). The summed E-state index contributed by atoms with van der Waals surface area (Å²) < 4.78 is 0. The summed E-state index contributed by atoms with van der Waals surface area (Å²) in [6.45, 7) is 2.06. The number of carbonyl (C=O) groups is 1. The molecular formula is C19H15NO. The van der Waals surface area contributed by atoms with Crippen LogP contribution in [0.5, 0.6) is 0 Å². The first-order chi connectivity index (χ1) is 10.2. The zero-order valence-electron chi connectivity index (χ0n) is 11.8. The molecule has 2 aromatic carbocycles. The highest BCUT2D eigenvalue weighted by atomic mass is 16.1. The van der Waals surface area contributed by atoms with Gasteiger partial charge in [-0.25, -0.2) is 0 Å². The summed E-state index contributed by atoms with van der Waals surface area (Å²) >= 11 is 0. The fraction of sp³-hybridized carbons (Fsp3) is 0.105. The van der Waals surface area contributed by atoms with Crippen LogP contribution >= 0.6 is 0 Å². The Labute approximate surface area is 123 Å². The highest BCUT2D eigenvalue weighted by Gasteiger charge is 2.14. The molecule has 1 heterocycles. The van der Waals surface area contributed by atoms with Gasteiger partial charge < -0.3 is 4.98 Å².